The zero-order chi connectivity index (χ0) is 25.4. The summed E-state index contributed by atoms with van der Waals surface area (Å²) in [6, 6.07) is 13.5. The van der Waals surface area contributed by atoms with Gasteiger partial charge in [-0.2, -0.15) is 0 Å². The standard InChI is InChI=1S/C27H32N6O3/c1-6-27(2,3)33-25(29-30-31-33)24(32-13-9-11-17-10-7-8-12-21(17)32)19-14-18-15-22(35-4)23(36-5)16-20(18)28-26(19)34/h7-8,10,12,14-16,24H,6,9,11,13H2,1-5H3,(H,28,34)/t24-/m0/s1. The molecule has 0 unspecified atom stereocenters. The van der Waals surface area contributed by atoms with Crippen LogP contribution in [0.2, 0.25) is 0 Å². The third-order valence-electron chi connectivity index (χ3n) is 7.31. The topological polar surface area (TPSA) is 98.2 Å². The summed E-state index contributed by atoms with van der Waals surface area (Å²) in [5.41, 5.74) is 3.09. The average molecular weight is 489 g/mol. The first kappa shape index (κ1) is 23.8. The molecule has 2 aromatic carbocycles. The van der Waals surface area contributed by atoms with Crippen molar-refractivity contribution in [1.82, 2.24) is 25.2 Å². The van der Waals surface area contributed by atoms with E-state index in [9.17, 15) is 4.79 Å². The molecule has 188 valence electrons. The second kappa shape index (κ2) is 9.29. The lowest BCUT2D eigenvalue weighted by Gasteiger charge is -2.38. The number of methoxy groups -OCH3 is 2. The summed E-state index contributed by atoms with van der Waals surface area (Å²) in [5, 5.41) is 13.8. The van der Waals surface area contributed by atoms with Gasteiger partial charge in [-0.3, -0.25) is 4.79 Å². The van der Waals surface area contributed by atoms with Crippen LogP contribution in [0, 0.1) is 0 Å². The molecule has 9 heteroatoms. The number of nitrogens with one attached hydrogen (secondary N) is 1. The second-order valence-electron chi connectivity index (χ2n) is 9.79. The monoisotopic (exact) mass is 488 g/mol. The Hall–Kier alpha value is -3.88. The molecule has 1 N–H and O–H groups in total. The lowest BCUT2D eigenvalue weighted by molar-refractivity contribution is 0.287. The Morgan fingerprint density at radius 3 is 2.61 bits per heavy atom. The molecular formula is C27H32N6O3. The molecule has 0 spiro atoms. The van der Waals surface area contributed by atoms with Crippen molar-refractivity contribution in [2.45, 2.75) is 51.6 Å². The molecule has 0 saturated heterocycles. The van der Waals surface area contributed by atoms with Gasteiger partial charge in [-0.25, -0.2) is 4.68 Å². The number of tetrazole rings is 1. The molecule has 2 aromatic heterocycles. The van der Waals surface area contributed by atoms with Crippen molar-refractivity contribution in [3.63, 3.8) is 0 Å². The van der Waals surface area contributed by atoms with Gasteiger partial charge in [-0.1, -0.05) is 25.1 Å². The van der Waals surface area contributed by atoms with E-state index in [2.05, 4.69) is 64.4 Å². The first-order valence-corrected chi connectivity index (χ1v) is 12.3. The predicted octanol–water partition coefficient (Wildman–Crippen LogP) is 4.22. The van der Waals surface area contributed by atoms with Crippen LogP contribution in [0.3, 0.4) is 0 Å². The number of anilines is 1. The SMILES string of the molecule is CCC(C)(C)n1nnnc1[C@H](c1cc2cc(OC)c(OC)cc2[nH]c1=O)N1CCCc2ccccc21. The highest BCUT2D eigenvalue weighted by Crippen LogP contribution is 2.39. The van der Waals surface area contributed by atoms with E-state index in [0.29, 0.717) is 28.4 Å². The fraction of sp³-hybridized carbons (Fsp3) is 0.407. The zero-order valence-corrected chi connectivity index (χ0v) is 21.4. The van der Waals surface area contributed by atoms with Crippen LogP contribution in [0.15, 0.2) is 47.3 Å². The maximum absolute atomic E-state index is 13.7. The fourth-order valence-electron chi connectivity index (χ4n) is 4.98. The quantitative estimate of drug-likeness (QED) is 0.416. The van der Waals surface area contributed by atoms with Gasteiger partial charge in [-0.15, -0.1) is 5.10 Å². The third kappa shape index (κ3) is 3.98. The molecule has 36 heavy (non-hydrogen) atoms. The highest BCUT2D eigenvalue weighted by molar-refractivity contribution is 5.83. The maximum atomic E-state index is 13.7. The molecule has 4 aromatic rings. The minimum Gasteiger partial charge on any atom is -0.493 e. The van der Waals surface area contributed by atoms with E-state index < -0.39 is 6.04 Å². The Bertz CT molecular complexity index is 1460. The minimum atomic E-state index is -0.478. The van der Waals surface area contributed by atoms with Gasteiger partial charge in [0, 0.05) is 29.2 Å². The molecule has 5 rings (SSSR count). The number of pyridine rings is 1. The number of para-hydroxylation sites is 1. The van der Waals surface area contributed by atoms with E-state index in [4.69, 9.17) is 9.47 Å². The van der Waals surface area contributed by atoms with Crippen LogP contribution in [-0.2, 0) is 12.0 Å². The van der Waals surface area contributed by atoms with Crippen LogP contribution < -0.4 is 19.9 Å². The summed E-state index contributed by atoms with van der Waals surface area (Å²) >= 11 is 0. The summed E-state index contributed by atoms with van der Waals surface area (Å²) in [6.45, 7) is 7.11. The van der Waals surface area contributed by atoms with E-state index in [1.54, 1.807) is 20.3 Å². The van der Waals surface area contributed by atoms with Crippen LogP contribution >= 0.6 is 0 Å². The summed E-state index contributed by atoms with van der Waals surface area (Å²) < 4.78 is 12.8. The number of fused-ring (bicyclic) bond motifs is 2. The average Bonchev–Trinajstić information content (AvgIpc) is 3.39. The van der Waals surface area contributed by atoms with Gasteiger partial charge in [-0.05, 0) is 67.3 Å². The molecule has 0 bridgehead atoms. The van der Waals surface area contributed by atoms with Gasteiger partial charge in [0.25, 0.3) is 5.56 Å². The van der Waals surface area contributed by atoms with Crippen LogP contribution in [0.1, 0.15) is 56.6 Å². The summed E-state index contributed by atoms with van der Waals surface area (Å²) in [6.07, 6.45) is 2.80. The van der Waals surface area contributed by atoms with Gasteiger partial charge in [0.1, 0.15) is 6.04 Å². The van der Waals surface area contributed by atoms with Gasteiger partial charge >= 0.3 is 0 Å². The molecule has 0 radical (unpaired) electrons. The van der Waals surface area contributed by atoms with Gasteiger partial charge in [0.2, 0.25) is 0 Å². The molecule has 0 saturated carbocycles. The van der Waals surface area contributed by atoms with E-state index in [0.717, 1.165) is 36.9 Å². The van der Waals surface area contributed by atoms with Crippen LogP contribution in [0.25, 0.3) is 10.9 Å². The lowest BCUT2D eigenvalue weighted by Crippen LogP contribution is -2.40. The Morgan fingerprint density at radius 1 is 1.11 bits per heavy atom. The Balaban J connectivity index is 1.77. The van der Waals surface area contributed by atoms with Crippen LogP contribution in [0.4, 0.5) is 5.69 Å². The van der Waals surface area contributed by atoms with Gasteiger partial charge in [0.15, 0.2) is 17.3 Å². The van der Waals surface area contributed by atoms with Crippen molar-refractivity contribution < 1.29 is 9.47 Å². The molecule has 1 aliphatic heterocycles. The first-order valence-electron chi connectivity index (χ1n) is 12.3. The highest BCUT2D eigenvalue weighted by atomic mass is 16.5. The van der Waals surface area contributed by atoms with Crippen molar-refractivity contribution in [2.24, 2.45) is 0 Å². The molecular weight excluding hydrogens is 456 g/mol. The molecule has 0 fully saturated rings. The third-order valence-corrected chi connectivity index (χ3v) is 7.31. The van der Waals surface area contributed by atoms with E-state index in [1.165, 1.54) is 5.56 Å². The number of ether oxygens (including phenoxy) is 2. The van der Waals surface area contributed by atoms with E-state index in [1.807, 2.05) is 22.9 Å². The number of hydrogen-bond donors (Lipinski definition) is 1. The number of benzene rings is 2. The van der Waals surface area contributed by atoms with Crippen molar-refractivity contribution in [2.75, 3.05) is 25.7 Å². The Morgan fingerprint density at radius 2 is 1.86 bits per heavy atom. The number of rotatable bonds is 7. The zero-order valence-electron chi connectivity index (χ0n) is 21.4. The Kier molecular flexibility index (Phi) is 6.15. The van der Waals surface area contributed by atoms with Crippen molar-refractivity contribution in [1.29, 1.82) is 0 Å². The summed E-state index contributed by atoms with van der Waals surface area (Å²) in [4.78, 5) is 19.0. The normalized spacial score (nSPS) is 14.5. The minimum absolute atomic E-state index is 0.188. The summed E-state index contributed by atoms with van der Waals surface area (Å²) in [7, 11) is 3.18. The van der Waals surface area contributed by atoms with Gasteiger partial charge in [0.05, 0.1) is 25.3 Å². The molecule has 1 aliphatic rings. The maximum Gasteiger partial charge on any atom is 0.254 e. The molecule has 3 heterocycles. The number of aromatic amines is 1. The van der Waals surface area contributed by atoms with E-state index >= 15 is 0 Å². The van der Waals surface area contributed by atoms with Gasteiger partial charge < -0.3 is 19.4 Å². The highest BCUT2D eigenvalue weighted by Gasteiger charge is 2.36. The number of hydrogen-bond acceptors (Lipinski definition) is 7. The number of H-pyrrole nitrogens is 1. The molecule has 0 aliphatic carbocycles. The molecule has 0 amide bonds. The van der Waals surface area contributed by atoms with Crippen LogP contribution in [0.5, 0.6) is 11.5 Å². The van der Waals surface area contributed by atoms with E-state index in [-0.39, 0.29) is 11.1 Å². The van der Waals surface area contributed by atoms with Crippen molar-refractivity contribution in [3.05, 3.63) is 69.8 Å². The van der Waals surface area contributed by atoms with Crippen molar-refractivity contribution in [3.8, 4) is 11.5 Å². The predicted molar refractivity (Wildman–Crippen MR) is 139 cm³/mol. The largest absolute Gasteiger partial charge is 0.493 e. The van der Waals surface area contributed by atoms with Crippen LogP contribution in [-0.4, -0.2) is 46.0 Å². The second-order valence-corrected chi connectivity index (χ2v) is 9.79. The Labute approximate surface area is 210 Å². The smallest absolute Gasteiger partial charge is 0.254 e. The molecule has 1 atom stereocenters. The number of nitrogens with zero attached hydrogens (tertiary/aromatic N) is 5. The molecule has 9 nitrogen and oxygen atoms in total. The van der Waals surface area contributed by atoms with Crippen molar-refractivity contribution >= 4 is 16.6 Å². The fourth-order valence-corrected chi connectivity index (χ4v) is 4.98. The lowest BCUT2D eigenvalue weighted by atomic mass is 9.95. The summed E-state index contributed by atoms with van der Waals surface area (Å²) in [5.74, 6) is 1.80. The number of aromatic nitrogens is 5. The number of aryl methyl sites for hydroxylation is 1. The first-order chi connectivity index (χ1) is 17.4.